The number of carboxylic acid groups (broad SMARTS) is 3. The topological polar surface area (TPSA) is 289 Å². The Morgan fingerprint density at radius 2 is 1.27 bits per heavy atom. The maximum atomic E-state index is 12.6. The zero-order chi connectivity index (χ0) is 25.9. The first kappa shape index (κ1) is 29.2. The second kappa shape index (κ2) is 13.6. The summed E-state index contributed by atoms with van der Waals surface area (Å²) in [4.78, 5) is 81.0. The Morgan fingerprint density at radius 3 is 1.70 bits per heavy atom. The normalized spacial score (nSPS) is 15.1. The number of aliphatic carboxylic acids is 3. The largest absolute Gasteiger partial charge is 0.481 e. The van der Waals surface area contributed by atoms with Crippen LogP contribution >= 0.6 is 0 Å². The molecular weight excluding hydrogens is 450 g/mol. The molecule has 16 nitrogen and oxygen atoms in total. The molecule has 0 aromatic rings. The highest BCUT2D eigenvalue weighted by Crippen LogP contribution is 2.04. The van der Waals surface area contributed by atoms with Gasteiger partial charge in [-0.1, -0.05) is 0 Å². The monoisotopic (exact) mass is 477 g/mol. The van der Waals surface area contributed by atoms with Crippen molar-refractivity contribution < 1.29 is 54.0 Å². The Kier molecular flexibility index (Phi) is 12.0. The average molecular weight is 477 g/mol. The van der Waals surface area contributed by atoms with Crippen LogP contribution in [0.2, 0.25) is 0 Å². The minimum absolute atomic E-state index is 0.425. The molecule has 11 N–H and O–H groups in total. The first-order valence-electron chi connectivity index (χ1n) is 9.45. The summed E-state index contributed by atoms with van der Waals surface area (Å²) in [6, 6.07) is -6.78. The van der Waals surface area contributed by atoms with Crippen molar-refractivity contribution in [2.24, 2.45) is 11.5 Å². The summed E-state index contributed by atoms with van der Waals surface area (Å²) in [5.74, 6) is -8.95. The molecule has 4 amide bonds. The number of nitrogens with one attached hydrogen (secondary N) is 3. The van der Waals surface area contributed by atoms with Gasteiger partial charge in [-0.2, -0.15) is 0 Å². The Bertz CT molecular complexity index is 785. The number of amides is 4. The van der Waals surface area contributed by atoms with Crippen LogP contribution in [0.1, 0.15) is 32.6 Å². The third kappa shape index (κ3) is 11.4. The number of carboxylic acids is 3. The van der Waals surface area contributed by atoms with Crippen LogP contribution in [-0.4, -0.2) is 92.2 Å². The van der Waals surface area contributed by atoms with Crippen LogP contribution in [0.4, 0.5) is 0 Å². The lowest BCUT2D eigenvalue weighted by atomic mass is 10.1. The van der Waals surface area contributed by atoms with Crippen molar-refractivity contribution in [1.82, 2.24) is 16.0 Å². The molecule has 33 heavy (non-hydrogen) atoms. The minimum atomic E-state index is -1.80. The van der Waals surface area contributed by atoms with E-state index in [9.17, 15) is 38.7 Å². The van der Waals surface area contributed by atoms with E-state index < -0.39 is 97.5 Å². The number of carbonyl (C=O) groups excluding carboxylic acids is 4. The summed E-state index contributed by atoms with van der Waals surface area (Å²) >= 11 is 0. The zero-order valence-electron chi connectivity index (χ0n) is 17.5. The molecule has 0 spiro atoms. The van der Waals surface area contributed by atoms with E-state index in [2.05, 4.69) is 5.32 Å². The number of aliphatic hydroxyl groups excluding tert-OH is 1. The fourth-order valence-electron chi connectivity index (χ4n) is 2.41. The second-order valence-electron chi connectivity index (χ2n) is 6.99. The Labute approximate surface area is 186 Å². The van der Waals surface area contributed by atoms with Crippen LogP contribution in [-0.2, 0) is 33.6 Å². The van der Waals surface area contributed by atoms with E-state index in [1.54, 1.807) is 0 Å². The van der Waals surface area contributed by atoms with Crippen molar-refractivity contribution in [3.63, 3.8) is 0 Å². The number of nitrogens with two attached hydrogens (primary N) is 2. The summed E-state index contributed by atoms with van der Waals surface area (Å²) < 4.78 is 0. The molecular formula is C17H27N5O11. The molecule has 0 aliphatic carbocycles. The van der Waals surface area contributed by atoms with Gasteiger partial charge in [-0.15, -0.1) is 0 Å². The van der Waals surface area contributed by atoms with E-state index in [0.717, 1.165) is 6.92 Å². The van der Waals surface area contributed by atoms with Crippen molar-refractivity contribution in [1.29, 1.82) is 0 Å². The molecule has 0 aliphatic heterocycles. The SMILES string of the molecule is CC(O)C(NC(=O)C(CCC(N)=O)NC(=O)C(CC(=O)O)NC(=O)C(N)CC(=O)O)C(=O)O. The molecule has 5 atom stereocenters. The third-order valence-corrected chi connectivity index (χ3v) is 4.10. The van der Waals surface area contributed by atoms with Crippen molar-refractivity contribution in [2.45, 2.75) is 62.9 Å². The van der Waals surface area contributed by atoms with E-state index in [0.29, 0.717) is 0 Å². The average Bonchev–Trinajstić information content (AvgIpc) is 2.66. The van der Waals surface area contributed by atoms with Crippen molar-refractivity contribution in [2.75, 3.05) is 0 Å². The summed E-state index contributed by atoms with van der Waals surface area (Å²) in [7, 11) is 0. The number of carbonyl (C=O) groups is 7. The molecule has 0 radical (unpaired) electrons. The lowest BCUT2D eigenvalue weighted by molar-refractivity contribution is -0.145. The molecule has 186 valence electrons. The zero-order valence-corrected chi connectivity index (χ0v) is 17.5. The lowest BCUT2D eigenvalue weighted by Gasteiger charge is -2.25. The summed E-state index contributed by atoms with van der Waals surface area (Å²) in [6.07, 6.45) is -4.19. The molecule has 0 saturated heterocycles. The first-order valence-corrected chi connectivity index (χ1v) is 9.45. The van der Waals surface area contributed by atoms with Crippen molar-refractivity contribution in [3.05, 3.63) is 0 Å². The maximum Gasteiger partial charge on any atom is 0.328 e. The van der Waals surface area contributed by atoms with E-state index in [1.807, 2.05) is 10.6 Å². The van der Waals surface area contributed by atoms with Gasteiger partial charge >= 0.3 is 17.9 Å². The smallest absolute Gasteiger partial charge is 0.328 e. The molecule has 0 fully saturated rings. The van der Waals surface area contributed by atoms with Crippen LogP contribution in [0.5, 0.6) is 0 Å². The van der Waals surface area contributed by atoms with Gasteiger partial charge in [0.1, 0.15) is 12.1 Å². The number of hydrogen-bond donors (Lipinski definition) is 9. The maximum absolute atomic E-state index is 12.6. The first-order chi connectivity index (χ1) is 15.1. The molecule has 0 bridgehead atoms. The van der Waals surface area contributed by atoms with Crippen molar-refractivity contribution in [3.8, 4) is 0 Å². The van der Waals surface area contributed by atoms with Crippen LogP contribution in [0.25, 0.3) is 0 Å². The molecule has 0 rings (SSSR count). The molecule has 5 unspecified atom stereocenters. The lowest BCUT2D eigenvalue weighted by Crippen LogP contribution is -2.58. The highest BCUT2D eigenvalue weighted by molar-refractivity contribution is 5.96. The number of primary amides is 1. The molecule has 0 aliphatic rings. The highest BCUT2D eigenvalue weighted by atomic mass is 16.4. The van der Waals surface area contributed by atoms with Crippen LogP contribution in [0, 0.1) is 0 Å². The van der Waals surface area contributed by atoms with Crippen LogP contribution in [0.15, 0.2) is 0 Å². The minimum Gasteiger partial charge on any atom is -0.481 e. The molecule has 0 aromatic carbocycles. The van der Waals surface area contributed by atoms with Gasteiger partial charge in [-0.3, -0.25) is 28.8 Å². The predicted molar refractivity (Wildman–Crippen MR) is 106 cm³/mol. The van der Waals surface area contributed by atoms with E-state index >= 15 is 0 Å². The van der Waals surface area contributed by atoms with Gasteiger partial charge in [0.25, 0.3) is 0 Å². The number of rotatable bonds is 15. The molecule has 0 aromatic heterocycles. The van der Waals surface area contributed by atoms with Crippen LogP contribution < -0.4 is 27.4 Å². The van der Waals surface area contributed by atoms with Gasteiger partial charge in [-0.25, -0.2) is 4.79 Å². The van der Waals surface area contributed by atoms with Crippen molar-refractivity contribution >= 4 is 41.5 Å². The van der Waals surface area contributed by atoms with Gasteiger partial charge in [0.2, 0.25) is 23.6 Å². The molecule has 16 heteroatoms. The number of aliphatic hydroxyl groups is 1. The second-order valence-corrected chi connectivity index (χ2v) is 6.99. The fraction of sp³-hybridized carbons (Fsp3) is 0.588. The summed E-state index contributed by atoms with van der Waals surface area (Å²) in [6.45, 7) is 1.08. The molecule has 0 saturated carbocycles. The van der Waals surface area contributed by atoms with E-state index in [-0.39, 0.29) is 0 Å². The fourth-order valence-corrected chi connectivity index (χ4v) is 2.41. The molecule has 0 heterocycles. The standard InChI is InChI=1S/C17H27N5O11/c1-6(23)13(17(32)33)22-15(30)8(2-3-10(19)24)20-16(31)9(5-12(27)28)21-14(29)7(18)4-11(25)26/h6-9,13,23H,2-5,18H2,1H3,(H2,19,24)(H,20,31)(H,21,29)(H,22,30)(H,25,26)(H,27,28)(H,32,33). The number of hydrogen-bond acceptors (Lipinski definition) is 9. The highest BCUT2D eigenvalue weighted by Gasteiger charge is 2.33. The Morgan fingerprint density at radius 1 is 0.788 bits per heavy atom. The van der Waals surface area contributed by atoms with Crippen LogP contribution in [0.3, 0.4) is 0 Å². The Hall–Kier alpha value is -3.79. The van der Waals surface area contributed by atoms with Gasteiger partial charge in [0, 0.05) is 6.42 Å². The third-order valence-electron chi connectivity index (χ3n) is 4.10. The summed E-state index contributed by atoms with van der Waals surface area (Å²) in [5, 5.41) is 42.2. The van der Waals surface area contributed by atoms with Gasteiger partial charge in [0.15, 0.2) is 6.04 Å². The van der Waals surface area contributed by atoms with Gasteiger partial charge in [-0.05, 0) is 13.3 Å². The quantitative estimate of drug-likeness (QED) is 0.108. The van der Waals surface area contributed by atoms with E-state index in [4.69, 9.17) is 26.8 Å². The Balaban J connectivity index is 5.60. The van der Waals surface area contributed by atoms with Gasteiger partial charge in [0.05, 0.1) is 25.0 Å². The van der Waals surface area contributed by atoms with Gasteiger partial charge < -0.3 is 47.8 Å². The van der Waals surface area contributed by atoms with E-state index in [1.165, 1.54) is 0 Å². The summed E-state index contributed by atoms with van der Waals surface area (Å²) in [5.41, 5.74) is 10.4. The predicted octanol–water partition coefficient (Wildman–Crippen LogP) is -4.55.